The van der Waals surface area contributed by atoms with Gasteiger partial charge in [-0.25, -0.2) is 0 Å². The topological polar surface area (TPSA) is 0 Å². The Morgan fingerprint density at radius 1 is 0.176 bits per heavy atom. The summed E-state index contributed by atoms with van der Waals surface area (Å²) >= 11 is 0. The second kappa shape index (κ2) is 46.2. The molecular formula is C51H104. The molecule has 0 heteroatoms. The average Bonchev–Trinajstić information content (AvgIpc) is 3.14. The number of rotatable bonds is 46. The van der Waals surface area contributed by atoms with Crippen molar-refractivity contribution in [2.75, 3.05) is 0 Å². The Bertz CT molecular complexity index is 481. The molecule has 0 nitrogen and oxygen atoms in total. The molecule has 0 aliphatic heterocycles. The summed E-state index contributed by atoms with van der Waals surface area (Å²) in [6.45, 7) is 9.34. The fourth-order valence-electron chi connectivity index (χ4n) is 8.91. The van der Waals surface area contributed by atoms with Gasteiger partial charge in [0.2, 0.25) is 0 Å². The highest BCUT2D eigenvalue weighted by atomic mass is 14.2. The highest BCUT2D eigenvalue weighted by Crippen LogP contribution is 2.31. The zero-order chi connectivity index (χ0) is 37.0. The van der Waals surface area contributed by atoms with Crippen molar-refractivity contribution < 1.29 is 0 Å². The molecule has 0 atom stereocenters. The molecule has 0 bridgehead atoms. The minimum atomic E-state index is 1.02. The predicted molar refractivity (Wildman–Crippen MR) is 237 cm³/mol. The van der Waals surface area contributed by atoms with Crippen LogP contribution in [-0.4, -0.2) is 0 Å². The maximum atomic E-state index is 2.34. The second-order valence-electron chi connectivity index (χ2n) is 17.9. The van der Waals surface area contributed by atoms with Gasteiger partial charge in [0.05, 0.1) is 0 Å². The third-order valence-electron chi connectivity index (χ3n) is 12.5. The lowest BCUT2D eigenvalue weighted by molar-refractivity contribution is 0.282. The molecule has 0 spiro atoms. The van der Waals surface area contributed by atoms with Crippen molar-refractivity contribution in [3.05, 3.63) is 0 Å². The van der Waals surface area contributed by atoms with Gasteiger partial charge < -0.3 is 0 Å². The Morgan fingerprint density at radius 3 is 0.471 bits per heavy atom. The molecule has 0 fully saturated rings. The van der Waals surface area contributed by atoms with Crippen molar-refractivity contribution in [3.63, 3.8) is 0 Å². The Labute approximate surface area is 327 Å². The average molecular weight is 717 g/mol. The van der Waals surface area contributed by atoms with E-state index >= 15 is 0 Å². The molecule has 0 radical (unpaired) electrons. The monoisotopic (exact) mass is 717 g/mol. The van der Waals surface area contributed by atoms with Crippen molar-refractivity contribution in [1.29, 1.82) is 0 Å². The fraction of sp³-hybridized carbons (Fsp3) is 1.00. The summed E-state index contributed by atoms with van der Waals surface area (Å²) in [6.07, 6.45) is 66.8. The minimum absolute atomic E-state index is 1.02. The van der Waals surface area contributed by atoms with E-state index in [-0.39, 0.29) is 0 Å². The zero-order valence-corrected chi connectivity index (χ0v) is 37.0. The Hall–Kier alpha value is 0. The first-order valence-electron chi connectivity index (χ1n) is 25.3. The first-order chi connectivity index (χ1) is 25.3. The van der Waals surface area contributed by atoms with Crippen LogP contribution in [0.25, 0.3) is 0 Å². The molecule has 51 heavy (non-hydrogen) atoms. The fourth-order valence-corrected chi connectivity index (χ4v) is 8.91. The van der Waals surface area contributed by atoms with Gasteiger partial charge in [-0.3, -0.25) is 0 Å². The van der Waals surface area contributed by atoms with Gasteiger partial charge in [0.25, 0.3) is 0 Å². The Morgan fingerprint density at radius 2 is 0.314 bits per heavy atom. The van der Waals surface area contributed by atoms with E-state index in [1.165, 1.54) is 257 Å². The zero-order valence-electron chi connectivity index (χ0n) is 37.0. The highest BCUT2D eigenvalue weighted by Gasteiger charge is 2.17. The Kier molecular flexibility index (Phi) is 46.2. The van der Waals surface area contributed by atoms with Crippen LogP contribution < -0.4 is 0 Å². The summed E-state index contributed by atoms with van der Waals surface area (Å²) in [5.74, 6) is 2.04. The lowest BCUT2D eigenvalue weighted by Crippen LogP contribution is -2.11. The molecule has 0 aliphatic carbocycles. The summed E-state index contributed by atoms with van der Waals surface area (Å²) in [7, 11) is 0. The van der Waals surface area contributed by atoms with Gasteiger partial charge in [-0.2, -0.15) is 0 Å². The van der Waals surface area contributed by atoms with Crippen LogP contribution in [0.15, 0.2) is 0 Å². The third-order valence-corrected chi connectivity index (χ3v) is 12.5. The molecule has 0 unspecified atom stereocenters. The van der Waals surface area contributed by atoms with Crippen LogP contribution in [0, 0.1) is 11.8 Å². The first kappa shape index (κ1) is 51.0. The first-order valence-corrected chi connectivity index (χ1v) is 25.3. The van der Waals surface area contributed by atoms with Crippen molar-refractivity contribution >= 4 is 0 Å². The van der Waals surface area contributed by atoms with Gasteiger partial charge in [-0.15, -0.1) is 0 Å². The summed E-state index contributed by atoms with van der Waals surface area (Å²) < 4.78 is 0. The van der Waals surface area contributed by atoms with E-state index in [9.17, 15) is 0 Å². The SMILES string of the molecule is CCCCCCCCCCCCC(CCCCCCCCCCCC)CC(CCCCCCCCCCCC)CCCCCCCCCCCC. The van der Waals surface area contributed by atoms with E-state index in [4.69, 9.17) is 0 Å². The molecule has 0 aliphatic rings. The molecule has 0 saturated carbocycles. The maximum absolute atomic E-state index is 2.34. The van der Waals surface area contributed by atoms with E-state index in [0.717, 1.165) is 11.8 Å². The standard InChI is InChI=1S/C51H104/c1-5-9-13-17-21-25-29-33-37-41-45-50(46-42-38-34-30-26-22-18-14-10-6-2)49-51(47-43-39-35-31-27-23-19-15-11-7-3)48-44-40-36-32-28-24-20-16-12-8-4/h50-51H,5-49H2,1-4H3. The smallest absolute Gasteiger partial charge is 0.0412 e. The molecular weight excluding hydrogens is 613 g/mol. The molecule has 0 amide bonds. The van der Waals surface area contributed by atoms with E-state index in [2.05, 4.69) is 27.7 Å². The molecule has 0 aromatic carbocycles. The molecule has 0 aromatic heterocycles. The molecule has 0 rings (SSSR count). The molecule has 308 valence electrons. The van der Waals surface area contributed by atoms with Crippen LogP contribution in [0.1, 0.15) is 317 Å². The number of hydrogen-bond acceptors (Lipinski definition) is 0. The van der Waals surface area contributed by atoms with Gasteiger partial charge in [0.15, 0.2) is 0 Å². The van der Waals surface area contributed by atoms with Gasteiger partial charge >= 0.3 is 0 Å². The van der Waals surface area contributed by atoms with Crippen molar-refractivity contribution in [2.45, 2.75) is 317 Å². The van der Waals surface area contributed by atoms with E-state index in [1.807, 2.05) is 0 Å². The van der Waals surface area contributed by atoms with E-state index in [1.54, 1.807) is 32.1 Å². The van der Waals surface area contributed by atoms with Crippen molar-refractivity contribution in [3.8, 4) is 0 Å². The van der Waals surface area contributed by atoms with Gasteiger partial charge in [-0.1, -0.05) is 310 Å². The second-order valence-corrected chi connectivity index (χ2v) is 17.9. The highest BCUT2D eigenvalue weighted by molar-refractivity contribution is 4.69. The molecule has 0 saturated heterocycles. The third kappa shape index (κ3) is 42.6. The Balaban J connectivity index is 4.75. The van der Waals surface area contributed by atoms with Gasteiger partial charge in [0.1, 0.15) is 0 Å². The number of unbranched alkanes of at least 4 members (excludes halogenated alkanes) is 36. The van der Waals surface area contributed by atoms with Crippen LogP contribution in [0.5, 0.6) is 0 Å². The van der Waals surface area contributed by atoms with E-state index in [0.29, 0.717) is 0 Å². The van der Waals surface area contributed by atoms with Crippen LogP contribution in [0.2, 0.25) is 0 Å². The molecule has 0 aromatic rings. The largest absolute Gasteiger partial charge is 0.0654 e. The number of hydrogen-bond donors (Lipinski definition) is 0. The van der Waals surface area contributed by atoms with Crippen molar-refractivity contribution in [1.82, 2.24) is 0 Å². The summed E-state index contributed by atoms with van der Waals surface area (Å²) in [5.41, 5.74) is 0. The summed E-state index contributed by atoms with van der Waals surface area (Å²) in [4.78, 5) is 0. The van der Waals surface area contributed by atoms with Gasteiger partial charge in [0, 0.05) is 0 Å². The maximum Gasteiger partial charge on any atom is -0.0412 e. The van der Waals surface area contributed by atoms with Crippen LogP contribution in [0.4, 0.5) is 0 Å². The van der Waals surface area contributed by atoms with Crippen LogP contribution >= 0.6 is 0 Å². The summed E-state index contributed by atoms with van der Waals surface area (Å²) in [5, 5.41) is 0. The minimum Gasteiger partial charge on any atom is -0.0654 e. The quantitative estimate of drug-likeness (QED) is 0.0550. The van der Waals surface area contributed by atoms with Gasteiger partial charge in [-0.05, 0) is 18.3 Å². The summed E-state index contributed by atoms with van der Waals surface area (Å²) in [6, 6.07) is 0. The van der Waals surface area contributed by atoms with E-state index < -0.39 is 0 Å². The lowest BCUT2D eigenvalue weighted by Gasteiger charge is -2.24. The normalized spacial score (nSPS) is 11.9. The van der Waals surface area contributed by atoms with Crippen molar-refractivity contribution in [2.24, 2.45) is 11.8 Å². The van der Waals surface area contributed by atoms with Crippen LogP contribution in [0.3, 0.4) is 0 Å². The molecule has 0 heterocycles. The van der Waals surface area contributed by atoms with Crippen LogP contribution in [-0.2, 0) is 0 Å². The predicted octanol–water partition coefficient (Wildman–Crippen LogP) is 19.9. The molecule has 0 N–H and O–H groups in total. The lowest BCUT2D eigenvalue weighted by atomic mass is 9.81.